The van der Waals surface area contributed by atoms with E-state index in [9.17, 15) is 14.4 Å². The monoisotopic (exact) mass is 315 g/mol. The van der Waals surface area contributed by atoms with Crippen molar-refractivity contribution in [2.24, 2.45) is 0 Å². The highest BCUT2D eigenvalue weighted by atomic mass is 16.2. The quantitative estimate of drug-likeness (QED) is 0.771. The Kier molecular flexibility index (Phi) is 4.31. The summed E-state index contributed by atoms with van der Waals surface area (Å²) in [5.41, 5.74) is 1.51. The molecule has 0 unspecified atom stereocenters. The molecule has 8 heteroatoms. The summed E-state index contributed by atoms with van der Waals surface area (Å²) < 4.78 is 2.45. The van der Waals surface area contributed by atoms with Crippen LogP contribution in [0.5, 0.6) is 0 Å². The Morgan fingerprint density at radius 2 is 2.09 bits per heavy atom. The molecule has 2 aromatic heterocycles. The Hall–Kier alpha value is -2.77. The number of carbonyl (C=O) groups is 1. The van der Waals surface area contributed by atoms with E-state index in [0.29, 0.717) is 6.54 Å². The van der Waals surface area contributed by atoms with Crippen LogP contribution < -0.4 is 16.4 Å². The number of nitrogens with one attached hydrogen (secondary N) is 1. The number of aryl methyl sites for hydroxylation is 2. The summed E-state index contributed by atoms with van der Waals surface area (Å²) in [6, 6.07) is 4.49. The van der Waals surface area contributed by atoms with E-state index < -0.39 is 0 Å². The van der Waals surface area contributed by atoms with Crippen LogP contribution in [0, 0.1) is 0 Å². The van der Waals surface area contributed by atoms with Gasteiger partial charge >= 0.3 is 0 Å². The summed E-state index contributed by atoms with van der Waals surface area (Å²) in [5, 5.41) is 10.8. The smallest absolute Gasteiger partial charge is 0.267 e. The van der Waals surface area contributed by atoms with Gasteiger partial charge in [-0.25, -0.2) is 9.36 Å². The normalized spacial score (nSPS) is 12.9. The zero-order valence-corrected chi connectivity index (χ0v) is 12.6. The van der Waals surface area contributed by atoms with Crippen LogP contribution in [0.25, 0.3) is 0 Å². The van der Waals surface area contributed by atoms with E-state index in [1.165, 1.54) is 23.0 Å². The lowest BCUT2D eigenvalue weighted by molar-refractivity contribution is -0.121. The predicted molar refractivity (Wildman–Crippen MR) is 82.0 cm³/mol. The van der Waals surface area contributed by atoms with Crippen molar-refractivity contribution in [2.45, 2.75) is 32.4 Å². The van der Waals surface area contributed by atoms with E-state index in [0.717, 1.165) is 35.2 Å². The fourth-order valence-corrected chi connectivity index (χ4v) is 2.60. The van der Waals surface area contributed by atoms with E-state index in [2.05, 4.69) is 15.5 Å². The molecule has 2 heterocycles. The highest BCUT2D eigenvalue weighted by Gasteiger charge is 2.14. The first-order valence-corrected chi connectivity index (χ1v) is 7.52. The summed E-state index contributed by atoms with van der Waals surface area (Å²) >= 11 is 0. The van der Waals surface area contributed by atoms with Gasteiger partial charge in [0.1, 0.15) is 6.54 Å². The zero-order chi connectivity index (χ0) is 16.2. The maximum Gasteiger partial charge on any atom is 0.267 e. The van der Waals surface area contributed by atoms with Crippen LogP contribution in [0.3, 0.4) is 0 Å². The lowest BCUT2D eigenvalue weighted by Gasteiger charge is -2.08. The van der Waals surface area contributed by atoms with Crippen LogP contribution in [0.4, 0.5) is 0 Å². The number of hydrogen-bond donors (Lipinski definition) is 1. The molecule has 0 radical (unpaired) electrons. The summed E-state index contributed by atoms with van der Waals surface area (Å²) in [5.74, 6) is -0.333. The highest BCUT2D eigenvalue weighted by Crippen LogP contribution is 2.16. The minimum atomic E-state index is -0.334. The zero-order valence-electron chi connectivity index (χ0n) is 12.6. The predicted octanol–water partition coefficient (Wildman–Crippen LogP) is -0.895. The van der Waals surface area contributed by atoms with Crippen molar-refractivity contribution in [3.8, 4) is 0 Å². The first-order chi connectivity index (χ1) is 11.1. The Morgan fingerprint density at radius 1 is 1.22 bits per heavy atom. The summed E-state index contributed by atoms with van der Waals surface area (Å²) in [4.78, 5) is 35.2. The van der Waals surface area contributed by atoms with Gasteiger partial charge in [-0.05, 0) is 30.9 Å². The van der Waals surface area contributed by atoms with Gasteiger partial charge in [-0.1, -0.05) is 0 Å². The first kappa shape index (κ1) is 15.1. The van der Waals surface area contributed by atoms with Crippen molar-refractivity contribution in [3.05, 3.63) is 56.4 Å². The van der Waals surface area contributed by atoms with Gasteiger partial charge in [0.2, 0.25) is 5.91 Å². The summed E-state index contributed by atoms with van der Waals surface area (Å²) in [7, 11) is 0. The number of fused-ring (bicyclic) bond motifs is 1. The van der Waals surface area contributed by atoms with Crippen molar-refractivity contribution in [3.63, 3.8) is 0 Å². The molecule has 0 spiro atoms. The molecule has 1 N–H and O–H groups in total. The molecule has 2 aromatic rings. The number of hydrogen-bond acceptors (Lipinski definition) is 5. The third kappa shape index (κ3) is 3.53. The molecule has 120 valence electrons. The molecule has 0 aliphatic heterocycles. The van der Waals surface area contributed by atoms with Crippen molar-refractivity contribution in [1.29, 1.82) is 0 Å². The van der Waals surface area contributed by atoms with Crippen LogP contribution in [0.15, 0.2) is 34.0 Å². The largest absolute Gasteiger partial charge is 0.353 e. The SMILES string of the molecule is O=C(Cn1ncccc1=O)NCCn1nc2c(cc1=O)CCC2. The number of carbonyl (C=O) groups excluding carboxylic acids is 1. The minimum absolute atomic E-state index is 0.147. The van der Waals surface area contributed by atoms with E-state index >= 15 is 0 Å². The maximum atomic E-state index is 11.9. The van der Waals surface area contributed by atoms with E-state index in [4.69, 9.17) is 0 Å². The molecule has 0 saturated heterocycles. The fraction of sp³-hybridized carbons (Fsp3) is 0.400. The molecule has 23 heavy (non-hydrogen) atoms. The molecular weight excluding hydrogens is 298 g/mol. The standard InChI is InChI=1S/C15H17N5O3/c21-13(10-20-14(22)5-2-6-17-20)16-7-8-19-15(23)9-11-3-1-4-12(11)18-19/h2,5-6,9H,1,3-4,7-8,10H2,(H,16,21). The molecule has 3 rings (SSSR count). The third-order valence-corrected chi connectivity index (χ3v) is 3.75. The van der Waals surface area contributed by atoms with Gasteiger partial charge in [-0.3, -0.25) is 14.4 Å². The molecule has 0 bridgehead atoms. The first-order valence-electron chi connectivity index (χ1n) is 7.52. The van der Waals surface area contributed by atoms with Crippen molar-refractivity contribution in [1.82, 2.24) is 24.9 Å². The average Bonchev–Trinajstić information content (AvgIpc) is 2.97. The Balaban J connectivity index is 1.56. The second-order valence-corrected chi connectivity index (χ2v) is 5.40. The van der Waals surface area contributed by atoms with Crippen molar-refractivity contribution in [2.75, 3.05) is 6.54 Å². The van der Waals surface area contributed by atoms with E-state index in [1.54, 1.807) is 6.07 Å². The highest BCUT2D eigenvalue weighted by molar-refractivity contribution is 5.75. The molecule has 0 aromatic carbocycles. The van der Waals surface area contributed by atoms with Gasteiger partial charge in [-0.15, -0.1) is 0 Å². The molecule has 8 nitrogen and oxygen atoms in total. The van der Waals surface area contributed by atoms with E-state index in [-0.39, 0.29) is 30.1 Å². The van der Waals surface area contributed by atoms with Crippen molar-refractivity contribution < 1.29 is 4.79 Å². The molecule has 0 saturated carbocycles. The molecular formula is C15H17N5O3. The summed E-state index contributed by atoms with van der Waals surface area (Å²) in [6.07, 6.45) is 4.28. The summed E-state index contributed by atoms with van der Waals surface area (Å²) in [6.45, 7) is 0.424. The van der Waals surface area contributed by atoms with Crippen LogP contribution in [-0.4, -0.2) is 32.0 Å². The Labute approximate surface area is 131 Å². The number of rotatable bonds is 5. The van der Waals surface area contributed by atoms with Gasteiger partial charge in [0.25, 0.3) is 11.1 Å². The maximum absolute atomic E-state index is 11.9. The van der Waals surface area contributed by atoms with Crippen molar-refractivity contribution >= 4 is 5.91 Å². The van der Waals surface area contributed by atoms with Gasteiger partial charge in [-0.2, -0.15) is 10.2 Å². The van der Waals surface area contributed by atoms with Gasteiger partial charge in [0, 0.05) is 24.9 Å². The molecule has 0 atom stereocenters. The average molecular weight is 315 g/mol. The van der Waals surface area contributed by atoms with Gasteiger partial charge < -0.3 is 5.32 Å². The van der Waals surface area contributed by atoms with Gasteiger partial charge in [0.15, 0.2) is 0 Å². The third-order valence-electron chi connectivity index (χ3n) is 3.75. The van der Waals surface area contributed by atoms with Gasteiger partial charge in [0.05, 0.1) is 12.2 Å². The molecule has 0 fully saturated rings. The lowest BCUT2D eigenvalue weighted by atomic mass is 10.2. The Bertz CT molecular complexity index is 839. The Morgan fingerprint density at radius 3 is 2.91 bits per heavy atom. The minimum Gasteiger partial charge on any atom is -0.353 e. The molecule has 1 amide bonds. The van der Waals surface area contributed by atoms with Crippen LogP contribution in [-0.2, 0) is 30.7 Å². The van der Waals surface area contributed by atoms with Crippen LogP contribution >= 0.6 is 0 Å². The van der Waals surface area contributed by atoms with Crippen LogP contribution in [0.1, 0.15) is 17.7 Å². The second kappa shape index (κ2) is 6.55. The number of nitrogens with zero attached hydrogens (tertiary/aromatic N) is 4. The molecule has 1 aliphatic carbocycles. The lowest BCUT2D eigenvalue weighted by Crippen LogP contribution is -2.36. The fourth-order valence-electron chi connectivity index (χ4n) is 2.60. The van der Waals surface area contributed by atoms with Crippen LogP contribution in [0.2, 0.25) is 0 Å². The topological polar surface area (TPSA) is 98.9 Å². The van der Waals surface area contributed by atoms with E-state index in [1.807, 2.05) is 0 Å². The second-order valence-electron chi connectivity index (χ2n) is 5.40. The number of aromatic nitrogens is 4. The number of amides is 1. The molecule has 1 aliphatic rings.